The summed E-state index contributed by atoms with van der Waals surface area (Å²) >= 11 is 1.52. The Morgan fingerprint density at radius 3 is 2.72 bits per heavy atom. The highest BCUT2D eigenvalue weighted by Gasteiger charge is 2.08. The topological polar surface area (TPSA) is 57.8 Å². The lowest BCUT2D eigenvalue weighted by Crippen LogP contribution is -2.26. The third kappa shape index (κ3) is 4.48. The van der Waals surface area contributed by atoms with E-state index in [0.29, 0.717) is 17.9 Å². The summed E-state index contributed by atoms with van der Waals surface area (Å²) in [6.45, 7) is 2.47. The number of hydrogen-bond donors (Lipinski definition) is 2. The van der Waals surface area contributed by atoms with Gasteiger partial charge in [0.25, 0.3) is 5.91 Å². The molecule has 1 amide bonds. The van der Waals surface area contributed by atoms with Gasteiger partial charge in [0, 0.05) is 17.9 Å². The zero-order valence-corrected chi connectivity index (χ0v) is 14.6. The van der Waals surface area contributed by atoms with E-state index in [-0.39, 0.29) is 11.7 Å². The lowest BCUT2D eigenvalue weighted by atomic mass is 10.1. The standard InChI is InChI=1S/C19H18FN3OS/c1-13-4-2-3-5-16(13)18(24)21-10-11-25-19-22-12-17(23-19)14-6-8-15(20)9-7-14/h2-9,12H,10-11H2,1H3,(H,21,24)(H,22,23). The summed E-state index contributed by atoms with van der Waals surface area (Å²) < 4.78 is 13.0. The molecule has 0 radical (unpaired) electrons. The summed E-state index contributed by atoms with van der Waals surface area (Å²) in [5.41, 5.74) is 3.38. The summed E-state index contributed by atoms with van der Waals surface area (Å²) in [6, 6.07) is 13.8. The van der Waals surface area contributed by atoms with Gasteiger partial charge in [-0.3, -0.25) is 4.79 Å². The van der Waals surface area contributed by atoms with E-state index in [1.54, 1.807) is 18.3 Å². The Kier molecular flexibility index (Phi) is 5.50. The summed E-state index contributed by atoms with van der Waals surface area (Å²) in [4.78, 5) is 19.6. The monoisotopic (exact) mass is 355 g/mol. The molecule has 0 fully saturated rings. The van der Waals surface area contributed by atoms with Crippen molar-refractivity contribution in [3.05, 3.63) is 71.7 Å². The number of halogens is 1. The van der Waals surface area contributed by atoms with Crippen molar-refractivity contribution in [3.63, 3.8) is 0 Å². The Hall–Kier alpha value is -2.60. The Labute approximate surface area is 149 Å². The van der Waals surface area contributed by atoms with E-state index in [1.807, 2.05) is 31.2 Å². The fraction of sp³-hybridized carbons (Fsp3) is 0.158. The van der Waals surface area contributed by atoms with Gasteiger partial charge in [-0.2, -0.15) is 0 Å². The van der Waals surface area contributed by atoms with Crippen LogP contribution in [0.25, 0.3) is 11.3 Å². The first-order valence-corrected chi connectivity index (χ1v) is 8.89. The van der Waals surface area contributed by atoms with Gasteiger partial charge in [0.05, 0.1) is 11.9 Å². The first kappa shape index (κ1) is 17.2. The van der Waals surface area contributed by atoms with E-state index in [1.165, 1.54) is 23.9 Å². The number of nitrogens with zero attached hydrogens (tertiary/aromatic N) is 1. The number of imidazole rings is 1. The van der Waals surface area contributed by atoms with Crippen LogP contribution in [-0.4, -0.2) is 28.2 Å². The van der Waals surface area contributed by atoms with Crippen LogP contribution in [0.15, 0.2) is 59.9 Å². The molecule has 0 spiro atoms. The molecule has 128 valence electrons. The highest BCUT2D eigenvalue weighted by Crippen LogP contribution is 2.21. The molecule has 0 atom stereocenters. The van der Waals surface area contributed by atoms with Crippen LogP contribution in [-0.2, 0) is 0 Å². The number of thioether (sulfide) groups is 1. The molecule has 0 aliphatic heterocycles. The van der Waals surface area contributed by atoms with Gasteiger partial charge >= 0.3 is 0 Å². The van der Waals surface area contributed by atoms with Gasteiger partial charge < -0.3 is 10.3 Å². The van der Waals surface area contributed by atoms with Crippen LogP contribution in [0.5, 0.6) is 0 Å². The fourth-order valence-electron chi connectivity index (χ4n) is 2.39. The number of H-pyrrole nitrogens is 1. The molecule has 2 aromatic carbocycles. The second kappa shape index (κ2) is 7.98. The number of hydrogen-bond acceptors (Lipinski definition) is 3. The number of benzene rings is 2. The SMILES string of the molecule is Cc1ccccc1C(=O)NCCSc1ncc(-c2ccc(F)cc2)[nH]1. The van der Waals surface area contributed by atoms with E-state index < -0.39 is 0 Å². The highest BCUT2D eigenvalue weighted by atomic mass is 32.2. The van der Waals surface area contributed by atoms with Gasteiger partial charge in [0.1, 0.15) is 5.82 Å². The second-order valence-corrected chi connectivity index (χ2v) is 6.61. The average Bonchev–Trinajstić information content (AvgIpc) is 3.08. The Balaban J connectivity index is 1.49. The molecule has 3 aromatic rings. The lowest BCUT2D eigenvalue weighted by molar-refractivity contribution is 0.0955. The van der Waals surface area contributed by atoms with Gasteiger partial charge in [-0.1, -0.05) is 30.0 Å². The molecule has 0 bridgehead atoms. The molecular weight excluding hydrogens is 337 g/mol. The van der Waals surface area contributed by atoms with Crippen LogP contribution in [0.2, 0.25) is 0 Å². The minimum Gasteiger partial charge on any atom is -0.351 e. The van der Waals surface area contributed by atoms with Crippen molar-refractivity contribution in [1.82, 2.24) is 15.3 Å². The van der Waals surface area contributed by atoms with Crippen LogP contribution >= 0.6 is 11.8 Å². The van der Waals surface area contributed by atoms with Crippen LogP contribution in [0.3, 0.4) is 0 Å². The zero-order chi connectivity index (χ0) is 17.6. The molecule has 25 heavy (non-hydrogen) atoms. The van der Waals surface area contributed by atoms with E-state index in [0.717, 1.165) is 22.0 Å². The number of aryl methyl sites for hydroxylation is 1. The maximum atomic E-state index is 13.0. The molecule has 2 N–H and O–H groups in total. The summed E-state index contributed by atoms with van der Waals surface area (Å²) in [5.74, 6) is 0.376. The number of carbonyl (C=O) groups is 1. The van der Waals surface area contributed by atoms with Crippen molar-refractivity contribution < 1.29 is 9.18 Å². The molecular formula is C19H18FN3OS. The Morgan fingerprint density at radius 2 is 1.96 bits per heavy atom. The molecule has 3 rings (SSSR count). The van der Waals surface area contributed by atoms with Crippen LogP contribution in [0, 0.1) is 12.7 Å². The molecule has 4 nitrogen and oxygen atoms in total. The van der Waals surface area contributed by atoms with Crippen molar-refractivity contribution in [2.24, 2.45) is 0 Å². The summed E-state index contributed by atoms with van der Waals surface area (Å²) in [5, 5.41) is 3.68. The quantitative estimate of drug-likeness (QED) is 0.518. The number of aromatic amines is 1. The number of aromatic nitrogens is 2. The predicted octanol–water partition coefficient (Wildman–Crippen LogP) is 4.05. The molecule has 0 saturated heterocycles. The van der Waals surface area contributed by atoms with Gasteiger partial charge in [0.15, 0.2) is 5.16 Å². The normalized spacial score (nSPS) is 10.6. The molecule has 1 aromatic heterocycles. The first-order chi connectivity index (χ1) is 12.1. The van der Waals surface area contributed by atoms with E-state index in [2.05, 4.69) is 15.3 Å². The Morgan fingerprint density at radius 1 is 1.20 bits per heavy atom. The summed E-state index contributed by atoms with van der Waals surface area (Å²) in [6.07, 6.45) is 1.72. The van der Waals surface area contributed by atoms with Gasteiger partial charge in [-0.05, 0) is 48.4 Å². The number of rotatable bonds is 6. The minimum absolute atomic E-state index is 0.0647. The van der Waals surface area contributed by atoms with Crippen LogP contribution < -0.4 is 5.32 Å². The largest absolute Gasteiger partial charge is 0.351 e. The van der Waals surface area contributed by atoms with Crippen molar-refractivity contribution in [3.8, 4) is 11.3 Å². The van der Waals surface area contributed by atoms with Crippen molar-refractivity contribution in [1.29, 1.82) is 0 Å². The molecule has 0 aliphatic carbocycles. The first-order valence-electron chi connectivity index (χ1n) is 7.91. The smallest absolute Gasteiger partial charge is 0.251 e. The second-order valence-electron chi connectivity index (χ2n) is 5.53. The molecule has 0 aliphatic rings. The number of amides is 1. The third-order valence-corrected chi connectivity index (χ3v) is 4.61. The summed E-state index contributed by atoms with van der Waals surface area (Å²) in [7, 11) is 0. The predicted molar refractivity (Wildman–Crippen MR) is 98.2 cm³/mol. The van der Waals surface area contributed by atoms with Crippen LogP contribution in [0.1, 0.15) is 15.9 Å². The zero-order valence-electron chi connectivity index (χ0n) is 13.8. The maximum absolute atomic E-state index is 13.0. The molecule has 1 heterocycles. The highest BCUT2D eigenvalue weighted by molar-refractivity contribution is 7.99. The third-order valence-electron chi connectivity index (χ3n) is 3.72. The van der Waals surface area contributed by atoms with Crippen LogP contribution in [0.4, 0.5) is 4.39 Å². The van der Waals surface area contributed by atoms with Crippen molar-refractivity contribution >= 4 is 17.7 Å². The average molecular weight is 355 g/mol. The van der Waals surface area contributed by atoms with E-state index in [9.17, 15) is 9.18 Å². The molecule has 0 saturated carbocycles. The van der Waals surface area contributed by atoms with Gasteiger partial charge in [-0.15, -0.1) is 0 Å². The minimum atomic E-state index is -0.262. The van der Waals surface area contributed by atoms with E-state index >= 15 is 0 Å². The van der Waals surface area contributed by atoms with Gasteiger partial charge in [-0.25, -0.2) is 9.37 Å². The van der Waals surface area contributed by atoms with Gasteiger partial charge in [0.2, 0.25) is 0 Å². The van der Waals surface area contributed by atoms with Crippen molar-refractivity contribution in [2.45, 2.75) is 12.1 Å². The molecule has 6 heteroatoms. The maximum Gasteiger partial charge on any atom is 0.251 e. The number of carbonyl (C=O) groups excluding carboxylic acids is 1. The lowest BCUT2D eigenvalue weighted by Gasteiger charge is -2.06. The fourth-order valence-corrected chi connectivity index (χ4v) is 3.09. The van der Waals surface area contributed by atoms with E-state index in [4.69, 9.17) is 0 Å². The molecule has 0 unspecified atom stereocenters. The van der Waals surface area contributed by atoms with Crippen molar-refractivity contribution in [2.75, 3.05) is 12.3 Å². The Bertz CT molecular complexity index is 861. The number of nitrogens with one attached hydrogen (secondary N) is 2.